The van der Waals surface area contributed by atoms with Crippen LogP contribution in [0.15, 0.2) is 12.1 Å². The Kier molecular flexibility index (Phi) is 4.76. The molecule has 0 bridgehead atoms. The number of hydrogen-bond donors (Lipinski definition) is 1. The van der Waals surface area contributed by atoms with Gasteiger partial charge >= 0.3 is 0 Å². The second-order valence-corrected chi connectivity index (χ2v) is 5.97. The number of rotatable bonds is 1. The van der Waals surface area contributed by atoms with Crippen LogP contribution < -0.4 is 5.32 Å². The average molecular weight is 298 g/mol. The van der Waals surface area contributed by atoms with Gasteiger partial charge in [0.25, 0.3) is 5.91 Å². The van der Waals surface area contributed by atoms with Gasteiger partial charge in [0.2, 0.25) is 0 Å². The highest BCUT2D eigenvalue weighted by Crippen LogP contribution is 2.27. The van der Waals surface area contributed by atoms with E-state index in [1.165, 1.54) is 0 Å². The fraction of sp³-hybridized carbons (Fsp3) is 0.667. The number of halogens is 1. The van der Waals surface area contributed by atoms with Crippen LogP contribution in [0.5, 0.6) is 0 Å². The van der Waals surface area contributed by atoms with E-state index < -0.39 is 0 Å². The van der Waals surface area contributed by atoms with Crippen molar-refractivity contribution in [1.29, 1.82) is 0 Å². The lowest BCUT2D eigenvalue weighted by Crippen LogP contribution is -2.34. The highest BCUT2D eigenvalue weighted by molar-refractivity contribution is 5.93. The summed E-state index contributed by atoms with van der Waals surface area (Å²) in [6, 6.07) is 3.97. The maximum absolute atomic E-state index is 12.6. The zero-order valence-corrected chi connectivity index (χ0v) is 13.1. The van der Waals surface area contributed by atoms with Crippen LogP contribution in [0.25, 0.3) is 0 Å². The molecule has 0 spiro atoms. The Bertz CT molecular complexity index is 471. The number of fused-ring (bicyclic) bond motifs is 1. The third-order valence-corrected chi connectivity index (χ3v) is 4.90. The van der Waals surface area contributed by atoms with Crippen molar-refractivity contribution in [3.63, 3.8) is 0 Å². The molecule has 2 aliphatic heterocycles. The molecule has 1 aromatic rings. The largest absolute Gasteiger partial charge is 0.344 e. The van der Waals surface area contributed by atoms with Crippen LogP contribution in [0.2, 0.25) is 0 Å². The normalized spacial score (nSPS) is 25.8. The zero-order valence-electron chi connectivity index (χ0n) is 12.3. The lowest BCUT2D eigenvalue weighted by atomic mass is 9.92. The van der Waals surface area contributed by atoms with Crippen molar-refractivity contribution in [2.75, 3.05) is 26.2 Å². The molecule has 3 heterocycles. The third-order valence-electron chi connectivity index (χ3n) is 4.90. The molecule has 0 aromatic carbocycles. The Balaban J connectivity index is 0.00000147. The molecule has 1 N–H and O–H groups in total. The molecule has 2 atom stereocenters. The number of aryl methyl sites for hydroxylation is 1. The molecule has 0 radical (unpaired) electrons. The van der Waals surface area contributed by atoms with Crippen molar-refractivity contribution >= 4 is 18.3 Å². The van der Waals surface area contributed by atoms with Crippen LogP contribution in [0.4, 0.5) is 0 Å². The number of amides is 1. The predicted molar refractivity (Wildman–Crippen MR) is 82.4 cm³/mol. The molecule has 0 unspecified atom stereocenters. The fourth-order valence-corrected chi connectivity index (χ4v) is 3.41. The van der Waals surface area contributed by atoms with Crippen LogP contribution in [-0.2, 0) is 7.05 Å². The number of nitrogens with one attached hydrogen (secondary N) is 1. The topological polar surface area (TPSA) is 37.3 Å². The van der Waals surface area contributed by atoms with Crippen LogP contribution in [0, 0.1) is 18.8 Å². The molecule has 20 heavy (non-hydrogen) atoms. The van der Waals surface area contributed by atoms with E-state index in [-0.39, 0.29) is 18.3 Å². The first-order valence-corrected chi connectivity index (χ1v) is 7.29. The van der Waals surface area contributed by atoms with Crippen molar-refractivity contribution in [2.45, 2.75) is 19.8 Å². The van der Waals surface area contributed by atoms with E-state index in [4.69, 9.17) is 0 Å². The molecule has 112 valence electrons. The van der Waals surface area contributed by atoms with Gasteiger partial charge in [0.05, 0.1) is 0 Å². The van der Waals surface area contributed by atoms with Crippen LogP contribution >= 0.6 is 12.4 Å². The lowest BCUT2D eigenvalue weighted by Gasteiger charge is -2.21. The second-order valence-electron chi connectivity index (χ2n) is 5.97. The number of likely N-dealkylation sites (tertiary alicyclic amines) is 1. The molecule has 2 fully saturated rings. The maximum atomic E-state index is 12.6. The van der Waals surface area contributed by atoms with Gasteiger partial charge in [-0.05, 0) is 56.8 Å². The van der Waals surface area contributed by atoms with Gasteiger partial charge in [0.15, 0.2) is 0 Å². The molecule has 1 amide bonds. The first kappa shape index (κ1) is 15.4. The van der Waals surface area contributed by atoms with E-state index in [0.717, 1.165) is 62.2 Å². The predicted octanol–water partition coefficient (Wildman–Crippen LogP) is 1.83. The first-order valence-electron chi connectivity index (χ1n) is 7.29. The Morgan fingerprint density at radius 3 is 2.30 bits per heavy atom. The van der Waals surface area contributed by atoms with Crippen molar-refractivity contribution in [1.82, 2.24) is 14.8 Å². The van der Waals surface area contributed by atoms with Crippen molar-refractivity contribution < 1.29 is 4.79 Å². The van der Waals surface area contributed by atoms with Gasteiger partial charge in [0.1, 0.15) is 5.69 Å². The van der Waals surface area contributed by atoms with Crippen LogP contribution in [0.1, 0.15) is 29.0 Å². The molecule has 1 aromatic heterocycles. The molecule has 5 heteroatoms. The molecule has 0 aliphatic carbocycles. The monoisotopic (exact) mass is 297 g/mol. The van der Waals surface area contributed by atoms with Gasteiger partial charge in [-0.3, -0.25) is 4.79 Å². The number of nitrogens with zero attached hydrogens (tertiary/aromatic N) is 2. The minimum Gasteiger partial charge on any atom is -0.344 e. The summed E-state index contributed by atoms with van der Waals surface area (Å²) in [7, 11) is 1.97. The highest BCUT2D eigenvalue weighted by Gasteiger charge is 2.32. The summed E-state index contributed by atoms with van der Waals surface area (Å²) in [5.41, 5.74) is 1.96. The Hall–Kier alpha value is -1.00. The summed E-state index contributed by atoms with van der Waals surface area (Å²) in [6.45, 7) is 6.12. The van der Waals surface area contributed by atoms with E-state index in [0.29, 0.717) is 0 Å². The van der Waals surface area contributed by atoms with Gasteiger partial charge in [0, 0.05) is 25.8 Å². The van der Waals surface area contributed by atoms with Crippen LogP contribution in [0.3, 0.4) is 0 Å². The van der Waals surface area contributed by atoms with E-state index in [1.54, 1.807) is 0 Å². The molecule has 2 aliphatic rings. The Morgan fingerprint density at radius 1 is 1.20 bits per heavy atom. The second kappa shape index (κ2) is 6.19. The third kappa shape index (κ3) is 2.72. The van der Waals surface area contributed by atoms with Gasteiger partial charge in [-0.15, -0.1) is 12.4 Å². The van der Waals surface area contributed by atoms with Gasteiger partial charge in [-0.2, -0.15) is 0 Å². The van der Waals surface area contributed by atoms with Crippen molar-refractivity contribution in [3.8, 4) is 0 Å². The number of carbonyl (C=O) groups excluding carboxylic acids is 1. The van der Waals surface area contributed by atoms with Gasteiger partial charge < -0.3 is 14.8 Å². The molecule has 0 saturated carbocycles. The number of hydrogen-bond acceptors (Lipinski definition) is 2. The average Bonchev–Trinajstić information content (AvgIpc) is 2.92. The summed E-state index contributed by atoms with van der Waals surface area (Å²) >= 11 is 0. The van der Waals surface area contributed by atoms with Crippen molar-refractivity contribution in [3.05, 3.63) is 23.5 Å². The minimum atomic E-state index is 0. The SMILES string of the molecule is Cc1ccc(C(=O)N2CC[C@@H]3CNC[C@@H]3CC2)n1C.Cl. The summed E-state index contributed by atoms with van der Waals surface area (Å²) in [4.78, 5) is 14.6. The molecular formula is C15H24ClN3O. The Labute approximate surface area is 126 Å². The molecular weight excluding hydrogens is 274 g/mol. The van der Waals surface area contributed by atoms with E-state index in [9.17, 15) is 4.79 Å². The summed E-state index contributed by atoms with van der Waals surface area (Å²) in [5.74, 6) is 1.74. The van der Waals surface area contributed by atoms with Crippen molar-refractivity contribution in [2.24, 2.45) is 18.9 Å². The summed E-state index contributed by atoms with van der Waals surface area (Å²) < 4.78 is 2.00. The lowest BCUT2D eigenvalue weighted by molar-refractivity contribution is 0.0748. The molecule has 2 saturated heterocycles. The quantitative estimate of drug-likeness (QED) is 0.859. The fourth-order valence-electron chi connectivity index (χ4n) is 3.41. The Morgan fingerprint density at radius 2 is 1.80 bits per heavy atom. The standard InChI is InChI=1S/C15H23N3O.ClH/c1-11-3-4-14(17(11)2)15(19)18-7-5-12-9-16-10-13(12)6-8-18;/h3-4,12-13,16H,5-10H2,1-2H3;1H/t12-,13+;. The molecule has 3 rings (SSSR count). The maximum Gasteiger partial charge on any atom is 0.270 e. The molecule has 4 nitrogen and oxygen atoms in total. The minimum absolute atomic E-state index is 0. The first-order chi connectivity index (χ1) is 9.16. The van der Waals surface area contributed by atoms with E-state index in [2.05, 4.69) is 5.32 Å². The van der Waals surface area contributed by atoms with Gasteiger partial charge in [-0.1, -0.05) is 0 Å². The summed E-state index contributed by atoms with van der Waals surface area (Å²) in [6.07, 6.45) is 2.29. The van der Waals surface area contributed by atoms with Crippen LogP contribution in [-0.4, -0.2) is 41.6 Å². The zero-order chi connectivity index (χ0) is 13.4. The van der Waals surface area contributed by atoms with E-state index >= 15 is 0 Å². The van der Waals surface area contributed by atoms with Gasteiger partial charge in [-0.25, -0.2) is 0 Å². The number of carbonyl (C=O) groups is 1. The number of aromatic nitrogens is 1. The summed E-state index contributed by atoms with van der Waals surface area (Å²) in [5, 5.41) is 3.47. The smallest absolute Gasteiger partial charge is 0.270 e. The van der Waals surface area contributed by atoms with E-state index in [1.807, 2.05) is 35.6 Å². The highest BCUT2D eigenvalue weighted by atomic mass is 35.5.